The number of aromatic nitrogens is 6. The third kappa shape index (κ3) is 9.15. The summed E-state index contributed by atoms with van der Waals surface area (Å²) < 4.78 is 33.6. The van der Waals surface area contributed by atoms with Crippen molar-refractivity contribution in [1.29, 1.82) is 0 Å². The maximum Gasteiger partial charge on any atom is 0.245 e. The van der Waals surface area contributed by atoms with Gasteiger partial charge in [-0.1, -0.05) is 13.8 Å². The summed E-state index contributed by atoms with van der Waals surface area (Å²) in [6.07, 6.45) is 6.18. The van der Waals surface area contributed by atoms with Crippen molar-refractivity contribution in [2.24, 2.45) is 5.92 Å². The molecule has 3 aromatic heterocycles. The standard InChI is InChI=1S/C43H56F2N12O4/c1-24(2)37(53-41(59)26(4)47-6)43(61)55-16-8-10-31(55)22-57-36-14-12-28(45)18-33(36)51-39(57)38-50-32-17-27(44)11-13-35(32)56(38)21-30-9-7-15-54(30)42(60)34(19-29-20-48-23-49-29)52-40(58)25(3)46-5/h11-14,17-18,20,23-26,30-31,34,37,46-47H,7-10,15-16,19,21-22H2,1-6H3,(H,48,49)(H,52,58)(H,53,59)/t25-,26-,30+,31+,34-,37-/m1/s1. The number of rotatable bonds is 16. The molecule has 2 aromatic carbocycles. The average Bonchev–Trinajstić information content (AvgIpc) is 4.10. The van der Waals surface area contributed by atoms with Gasteiger partial charge in [-0.15, -0.1) is 0 Å². The summed E-state index contributed by atoms with van der Waals surface area (Å²) in [5.74, 6) is -1.32. The number of nitrogens with one attached hydrogen (secondary N) is 5. The van der Waals surface area contributed by atoms with Crippen molar-refractivity contribution >= 4 is 45.7 Å². The molecule has 2 aliphatic rings. The van der Waals surface area contributed by atoms with Gasteiger partial charge in [0.2, 0.25) is 23.6 Å². The molecule has 7 rings (SSSR count). The number of hydrogen-bond donors (Lipinski definition) is 5. The molecule has 326 valence electrons. The van der Waals surface area contributed by atoms with Crippen molar-refractivity contribution in [3.63, 3.8) is 0 Å². The summed E-state index contributed by atoms with van der Waals surface area (Å²) in [4.78, 5) is 75.5. The van der Waals surface area contributed by atoms with E-state index in [9.17, 15) is 28.0 Å². The van der Waals surface area contributed by atoms with Gasteiger partial charge in [-0.3, -0.25) is 19.2 Å². The molecule has 5 aromatic rings. The Kier molecular flexibility index (Phi) is 13.1. The van der Waals surface area contributed by atoms with Crippen LogP contribution in [0.2, 0.25) is 0 Å². The molecule has 6 atom stereocenters. The fraction of sp³-hybridized carbons (Fsp3) is 0.512. The highest BCUT2D eigenvalue weighted by molar-refractivity contribution is 5.91. The van der Waals surface area contributed by atoms with Gasteiger partial charge in [0.05, 0.1) is 40.5 Å². The van der Waals surface area contributed by atoms with Crippen LogP contribution in [-0.2, 0) is 38.7 Å². The Bertz CT molecular complexity index is 2380. The van der Waals surface area contributed by atoms with Gasteiger partial charge < -0.3 is 45.2 Å². The van der Waals surface area contributed by atoms with Gasteiger partial charge >= 0.3 is 0 Å². The third-order valence-corrected chi connectivity index (χ3v) is 12.2. The molecule has 0 bridgehead atoms. The van der Waals surface area contributed by atoms with E-state index in [1.165, 1.54) is 30.6 Å². The number of hydrogen-bond acceptors (Lipinski definition) is 9. The Labute approximate surface area is 353 Å². The fourth-order valence-corrected chi connectivity index (χ4v) is 8.52. The number of benzene rings is 2. The highest BCUT2D eigenvalue weighted by Crippen LogP contribution is 2.33. The molecule has 2 aliphatic heterocycles. The quantitative estimate of drug-likeness (QED) is 0.0996. The molecule has 2 saturated heterocycles. The largest absolute Gasteiger partial charge is 0.348 e. The van der Waals surface area contributed by atoms with E-state index in [1.54, 1.807) is 51.2 Å². The Balaban J connectivity index is 1.25. The molecule has 5 heterocycles. The molecule has 5 N–H and O–H groups in total. The number of carbonyl (C=O) groups is 4. The van der Waals surface area contributed by atoms with E-state index in [0.29, 0.717) is 71.9 Å². The van der Waals surface area contributed by atoms with Crippen LogP contribution in [0.25, 0.3) is 33.7 Å². The van der Waals surface area contributed by atoms with Crippen molar-refractivity contribution in [1.82, 2.24) is 60.1 Å². The Morgan fingerprint density at radius 3 is 1.74 bits per heavy atom. The zero-order valence-corrected chi connectivity index (χ0v) is 35.5. The summed E-state index contributed by atoms with van der Waals surface area (Å²) in [6.45, 7) is 8.79. The normalized spacial score (nSPS) is 18.8. The van der Waals surface area contributed by atoms with E-state index < -0.39 is 35.8 Å². The van der Waals surface area contributed by atoms with Crippen LogP contribution in [0, 0.1) is 17.6 Å². The lowest BCUT2D eigenvalue weighted by molar-refractivity contribution is -0.139. The number of imidazole rings is 3. The summed E-state index contributed by atoms with van der Waals surface area (Å²) in [7, 11) is 3.37. The second kappa shape index (κ2) is 18.5. The van der Waals surface area contributed by atoms with Crippen LogP contribution in [0.4, 0.5) is 8.78 Å². The smallest absolute Gasteiger partial charge is 0.245 e. The fourth-order valence-electron chi connectivity index (χ4n) is 8.52. The van der Waals surface area contributed by atoms with E-state index in [0.717, 1.165) is 12.8 Å². The molecule has 0 saturated carbocycles. The van der Waals surface area contributed by atoms with Crippen LogP contribution in [0.5, 0.6) is 0 Å². The van der Waals surface area contributed by atoms with Gasteiger partial charge in [0.25, 0.3) is 0 Å². The molecule has 0 spiro atoms. The topological polar surface area (TPSA) is 187 Å². The number of likely N-dealkylation sites (tertiary alicyclic amines) is 2. The molecule has 4 amide bonds. The van der Waals surface area contributed by atoms with Crippen LogP contribution >= 0.6 is 0 Å². The number of H-pyrrole nitrogens is 1. The molecule has 18 heteroatoms. The zero-order chi connectivity index (χ0) is 43.5. The van der Waals surface area contributed by atoms with Crippen LogP contribution < -0.4 is 21.3 Å². The van der Waals surface area contributed by atoms with Gasteiger partial charge in [-0.2, -0.15) is 0 Å². The molecule has 0 aliphatic carbocycles. The highest BCUT2D eigenvalue weighted by atomic mass is 19.1. The van der Waals surface area contributed by atoms with Crippen molar-refractivity contribution < 1.29 is 28.0 Å². The number of fused-ring (bicyclic) bond motifs is 2. The predicted molar refractivity (Wildman–Crippen MR) is 226 cm³/mol. The monoisotopic (exact) mass is 842 g/mol. The number of amides is 4. The van der Waals surface area contributed by atoms with E-state index in [1.807, 2.05) is 27.9 Å². The molecular weight excluding hydrogens is 787 g/mol. The predicted octanol–water partition coefficient (Wildman–Crippen LogP) is 3.12. The average molecular weight is 843 g/mol. The summed E-state index contributed by atoms with van der Waals surface area (Å²) in [6, 6.07) is 5.50. The number of nitrogens with zero attached hydrogens (tertiary/aromatic N) is 7. The molecule has 0 unspecified atom stereocenters. The molecule has 0 radical (unpaired) electrons. The van der Waals surface area contributed by atoms with E-state index >= 15 is 0 Å². The number of halogens is 2. The van der Waals surface area contributed by atoms with Crippen molar-refractivity contribution in [3.8, 4) is 11.6 Å². The maximum absolute atomic E-state index is 14.9. The second-order valence-electron chi connectivity index (χ2n) is 16.6. The minimum atomic E-state index is -0.871. The van der Waals surface area contributed by atoms with Crippen LogP contribution in [0.3, 0.4) is 0 Å². The van der Waals surface area contributed by atoms with E-state index in [4.69, 9.17) is 9.97 Å². The number of carbonyl (C=O) groups excluding carboxylic acids is 4. The van der Waals surface area contributed by atoms with Crippen molar-refractivity contribution in [2.45, 2.75) is 109 Å². The van der Waals surface area contributed by atoms with Gasteiger partial charge in [0, 0.05) is 68.7 Å². The Morgan fingerprint density at radius 1 is 0.754 bits per heavy atom. The molecule has 2 fully saturated rings. The first-order valence-corrected chi connectivity index (χ1v) is 21.1. The number of aromatic amines is 1. The van der Waals surface area contributed by atoms with E-state index in [-0.39, 0.29) is 54.6 Å². The molecular formula is C43H56F2N12O4. The summed E-state index contributed by atoms with van der Waals surface area (Å²) in [5, 5.41) is 11.7. The summed E-state index contributed by atoms with van der Waals surface area (Å²) in [5.41, 5.74) is 2.71. The van der Waals surface area contributed by atoms with Crippen molar-refractivity contribution in [2.75, 3.05) is 27.2 Å². The van der Waals surface area contributed by atoms with Crippen LogP contribution in [0.15, 0.2) is 48.9 Å². The first-order valence-electron chi connectivity index (χ1n) is 21.1. The van der Waals surface area contributed by atoms with Crippen molar-refractivity contribution in [3.05, 3.63) is 66.3 Å². The minimum Gasteiger partial charge on any atom is -0.348 e. The van der Waals surface area contributed by atoms with E-state index in [2.05, 4.69) is 31.2 Å². The third-order valence-electron chi connectivity index (χ3n) is 12.2. The van der Waals surface area contributed by atoms with Crippen LogP contribution in [-0.4, -0.2) is 126 Å². The second-order valence-corrected chi connectivity index (χ2v) is 16.6. The number of likely N-dealkylation sites (N-methyl/N-ethyl adjacent to an activating group) is 2. The van der Waals surface area contributed by atoms with Gasteiger partial charge in [0.1, 0.15) is 23.7 Å². The molecule has 61 heavy (non-hydrogen) atoms. The Morgan fingerprint density at radius 2 is 1.26 bits per heavy atom. The van der Waals surface area contributed by atoms with Gasteiger partial charge in [-0.25, -0.2) is 23.7 Å². The van der Waals surface area contributed by atoms with Gasteiger partial charge in [0.15, 0.2) is 11.6 Å². The summed E-state index contributed by atoms with van der Waals surface area (Å²) >= 11 is 0. The molecule has 16 nitrogen and oxygen atoms in total. The lowest BCUT2D eigenvalue weighted by Gasteiger charge is -2.32. The van der Waals surface area contributed by atoms with Crippen LogP contribution in [0.1, 0.15) is 59.1 Å². The highest BCUT2D eigenvalue weighted by Gasteiger charge is 2.38. The lowest BCUT2D eigenvalue weighted by Crippen LogP contribution is -2.55. The zero-order valence-electron chi connectivity index (χ0n) is 35.5. The SMILES string of the molecule is CN[C@H](C)C(=O)N[C@H](Cc1cnc[nH]1)C(=O)N1CCC[C@H]1Cn1c(-c2nc3cc(F)ccc3n2C[C@@H]2CCCN2C(=O)[C@H](NC(=O)[C@@H](C)NC)C(C)C)nc2cc(F)ccc21. The first kappa shape index (κ1) is 43.3. The maximum atomic E-state index is 14.9. The lowest BCUT2D eigenvalue weighted by atomic mass is 10.0. The Hall–Kier alpha value is -5.75. The van der Waals surface area contributed by atoms with Gasteiger partial charge in [-0.05, 0) is 83.8 Å². The minimum absolute atomic E-state index is 0.175. The first-order chi connectivity index (χ1) is 29.3.